The number of carbonyl (C=O) groups is 1. The lowest BCUT2D eigenvalue weighted by molar-refractivity contribution is -0.117. The number of allylic oxidation sites excluding steroid dienone is 1. The standard InChI is InChI=1S/C6H10O2/c1-5(2)3-6(8)4-7/h3,7H,4H2,1-2H3. The minimum absolute atomic E-state index is 0.231. The van der Waals surface area contributed by atoms with E-state index >= 15 is 0 Å². The number of rotatable bonds is 2. The Hall–Kier alpha value is -0.630. The average Bonchev–Trinajstić information content (AvgIpc) is 1.65. The molecule has 0 aromatic carbocycles. The summed E-state index contributed by atoms with van der Waals surface area (Å²) in [4.78, 5) is 10.3. The van der Waals surface area contributed by atoms with E-state index in [1.807, 2.05) is 13.8 Å². The summed E-state index contributed by atoms with van der Waals surface area (Å²) in [5.41, 5.74) is 0.920. The molecule has 0 atom stereocenters. The Balaban J connectivity index is 3.70. The molecule has 0 unspecified atom stereocenters. The summed E-state index contributed by atoms with van der Waals surface area (Å²) < 4.78 is 0. The number of aliphatic hydroxyl groups excluding tert-OH is 1. The number of hydrogen-bond donors (Lipinski definition) is 1. The van der Waals surface area contributed by atoms with Gasteiger partial charge < -0.3 is 5.11 Å². The van der Waals surface area contributed by atoms with Crippen LogP contribution in [0.15, 0.2) is 11.6 Å². The van der Waals surface area contributed by atoms with E-state index in [2.05, 4.69) is 0 Å². The molecular weight excluding hydrogens is 104 g/mol. The van der Waals surface area contributed by atoms with Gasteiger partial charge in [0.05, 0.1) is 0 Å². The molecule has 8 heavy (non-hydrogen) atoms. The van der Waals surface area contributed by atoms with Crippen molar-refractivity contribution in [1.82, 2.24) is 0 Å². The van der Waals surface area contributed by atoms with Crippen molar-refractivity contribution in [2.45, 2.75) is 13.8 Å². The fourth-order valence-electron chi connectivity index (χ4n) is 0.368. The molecule has 0 amide bonds. The van der Waals surface area contributed by atoms with Crippen LogP contribution < -0.4 is 0 Å². The highest BCUT2D eigenvalue weighted by atomic mass is 16.3. The van der Waals surface area contributed by atoms with E-state index in [-0.39, 0.29) is 12.4 Å². The Kier molecular flexibility index (Phi) is 3.12. The molecule has 0 spiro atoms. The van der Waals surface area contributed by atoms with Gasteiger partial charge in [0, 0.05) is 0 Å². The van der Waals surface area contributed by atoms with Gasteiger partial charge in [-0.15, -0.1) is 0 Å². The summed E-state index contributed by atoms with van der Waals surface area (Å²) in [6.07, 6.45) is 1.42. The zero-order valence-electron chi connectivity index (χ0n) is 5.14. The van der Waals surface area contributed by atoms with Crippen molar-refractivity contribution in [3.63, 3.8) is 0 Å². The van der Waals surface area contributed by atoms with Crippen molar-refractivity contribution >= 4 is 5.78 Å². The first kappa shape index (κ1) is 7.37. The van der Waals surface area contributed by atoms with Crippen molar-refractivity contribution < 1.29 is 9.90 Å². The molecule has 0 saturated heterocycles. The lowest BCUT2D eigenvalue weighted by atomic mass is 10.3. The highest BCUT2D eigenvalue weighted by Gasteiger charge is 1.89. The summed E-state index contributed by atoms with van der Waals surface area (Å²) in [6.45, 7) is 3.24. The predicted octanol–water partition coefficient (Wildman–Crippen LogP) is 0.514. The molecule has 2 nitrogen and oxygen atoms in total. The Morgan fingerprint density at radius 2 is 2.12 bits per heavy atom. The van der Waals surface area contributed by atoms with Gasteiger partial charge in [-0.3, -0.25) is 4.79 Å². The van der Waals surface area contributed by atoms with Crippen molar-refractivity contribution in [3.05, 3.63) is 11.6 Å². The second-order valence-electron chi connectivity index (χ2n) is 1.85. The van der Waals surface area contributed by atoms with E-state index in [4.69, 9.17) is 5.11 Å². The smallest absolute Gasteiger partial charge is 0.180 e. The molecule has 1 N–H and O–H groups in total. The molecule has 0 rings (SSSR count). The van der Waals surface area contributed by atoms with E-state index in [0.717, 1.165) is 5.57 Å². The Labute approximate surface area is 48.8 Å². The van der Waals surface area contributed by atoms with Gasteiger partial charge in [-0.1, -0.05) is 5.57 Å². The van der Waals surface area contributed by atoms with Gasteiger partial charge in [-0.25, -0.2) is 0 Å². The molecule has 0 aromatic heterocycles. The zero-order valence-corrected chi connectivity index (χ0v) is 5.14. The molecule has 46 valence electrons. The maximum absolute atomic E-state index is 10.3. The minimum atomic E-state index is -0.384. The highest BCUT2D eigenvalue weighted by molar-refractivity contribution is 5.90. The number of carbonyl (C=O) groups excluding carboxylic acids is 1. The number of aliphatic hydroxyl groups is 1. The summed E-state index contributed by atoms with van der Waals surface area (Å²) in [5.74, 6) is -0.231. The maximum atomic E-state index is 10.3. The van der Waals surface area contributed by atoms with Crippen LogP contribution in [0, 0.1) is 0 Å². The van der Waals surface area contributed by atoms with Crippen LogP contribution in [0.4, 0.5) is 0 Å². The van der Waals surface area contributed by atoms with Crippen LogP contribution in [-0.4, -0.2) is 17.5 Å². The number of ketones is 1. The maximum Gasteiger partial charge on any atom is 0.180 e. The van der Waals surface area contributed by atoms with Crippen molar-refractivity contribution in [3.8, 4) is 0 Å². The van der Waals surface area contributed by atoms with Crippen LogP contribution in [-0.2, 0) is 4.79 Å². The Bertz CT molecular complexity index is 110. The molecule has 0 fully saturated rings. The van der Waals surface area contributed by atoms with Crippen LogP contribution in [0.2, 0.25) is 0 Å². The van der Waals surface area contributed by atoms with E-state index in [0.29, 0.717) is 0 Å². The molecule has 0 radical (unpaired) electrons. The van der Waals surface area contributed by atoms with Crippen LogP contribution in [0.1, 0.15) is 13.8 Å². The third kappa shape index (κ3) is 3.56. The average molecular weight is 114 g/mol. The van der Waals surface area contributed by atoms with E-state index in [1.54, 1.807) is 0 Å². The van der Waals surface area contributed by atoms with Crippen molar-refractivity contribution in [2.24, 2.45) is 0 Å². The lowest BCUT2D eigenvalue weighted by Gasteiger charge is -1.85. The quantitative estimate of drug-likeness (QED) is 0.531. The Morgan fingerprint density at radius 1 is 1.62 bits per heavy atom. The normalized spacial score (nSPS) is 8.38. The topological polar surface area (TPSA) is 37.3 Å². The van der Waals surface area contributed by atoms with Crippen LogP contribution in [0.5, 0.6) is 0 Å². The van der Waals surface area contributed by atoms with E-state index < -0.39 is 0 Å². The molecule has 0 aliphatic carbocycles. The molecule has 0 heterocycles. The summed E-state index contributed by atoms with van der Waals surface area (Å²) in [7, 11) is 0. The molecule has 0 aromatic rings. The first-order valence-electron chi connectivity index (χ1n) is 2.45. The van der Waals surface area contributed by atoms with Gasteiger partial charge in [0.15, 0.2) is 5.78 Å². The summed E-state index contributed by atoms with van der Waals surface area (Å²) >= 11 is 0. The molecule has 2 heteroatoms. The molecule has 0 saturated carbocycles. The van der Waals surface area contributed by atoms with Gasteiger partial charge >= 0.3 is 0 Å². The lowest BCUT2D eigenvalue weighted by Crippen LogP contribution is -1.98. The first-order chi connectivity index (χ1) is 3.66. The molecule has 0 bridgehead atoms. The highest BCUT2D eigenvalue weighted by Crippen LogP contribution is 1.87. The fraction of sp³-hybridized carbons (Fsp3) is 0.500. The Morgan fingerprint density at radius 3 is 2.25 bits per heavy atom. The monoisotopic (exact) mass is 114 g/mol. The summed E-state index contributed by atoms with van der Waals surface area (Å²) in [5, 5.41) is 8.19. The second-order valence-corrected chi connectivity index (χ2v) is 1.85. The van der Waals surface area contributed by atoms with Gasteiger partial charge in [-0.05, 0) is 19.9 Å². The van der Waals surface area contributed by atoms with Gasteiger partial charge in [0.1, 0.15) is 6.61 Å². The van der Waals surface area contributed by atoms with Crippen molar-refractivity contribution in [1.29, 1.82) is 0 Å². The van der Waals surface area contributed by atoms with Crippen LogP contribution >= 0.6 is 0 Å². The van der Waals surface area contributed by atoms with E-state index in [9.17, 15) is 4.79 Å². The minimum Gasteiger partial charge on any atom is -0.388 e. The first-order valence-corrected chi connectivity index (χ1v) is 2.45. The van der Waals surface area contributed by atoms with Crippen LogP contribution in [0.25, 0.3) is 0 Å². The second kappa shape index (κ2) is 3.38. The van der Waals surface area contributed by atoms with Crippen molar-refractivity contribution in [2.75, 3.05) is 6.61 Å². The van der Waals surface area contributed by atoms with Gasteiger partial charge in [0.2, 0.25) is 0 Å². The third-order valence-corrected chi connectivity index (χ3v) is 0.605. The van der Waals surface area contributed by atoms with Crippen LogP contribution in [0.3, 0.4) is 0 Å². The summed E-state index contributed by atoms with van der Waals surface area (Å²) in [6, 6.07) is 0. The SMILES string of the molecule is CC(C)=CC(=O)CO. The largest absolute Gasteiger partial charge is 0.388 e. The van der Waals surface area contributed by atoms with Gasteiger partial charge in [-0.2, -0.15) is 0 Å². The predicted molar refractivity (Wildman–Crippen MR) is 31.5 cm³/mol. The van der Waals surface area contributed by atoms with E-state index in [1.165, 1.54) is 6.08 Å². The fourth-order valence-corrected chi connectivity index (χ4v) is 0.368. The molecule has 0 aliphatic heterocycles. The number of hydrogen-bond acceptors (Lipinski definition) is 2. The molecular formula is C6H10O2. The molecule has 0 aliphatic rings. The van der Waals surface area contributed by atoms with Gasteiger partial charge in [0.25, 0.3) is 0 Å². The third-order valence-electron chi connectivity index (χ3n) is 0.605. The zero-order chi connectivity index (χ0) is 6.57.